The molecule has 0 amide bonds. The van der Waals surface area contributed by atoms with Gasteiger partial charge in [0.15, 0.2) is 0 Å². The predicted molar refractivity (Wildman–Crippen MR) is 83.7 cm³/mol. The van der Waals surface area contributed by atoms with Crippen molar-refractivity contribution in [2.45, 2.75) is 0 Å². The Kier molecular flexibility index (Phi) is 3.34. The van der Waals surface area contributed by atoms with Crippen LogP contribution < -0.4 is 11.1 Å². The van der Waals surface area contributed by atoms with Gasteiger partial charge in [0.05, 0.1) is 16.2 Å². The lowest BCUT2D eigenvalue weighted by Crippen LogP contribution is -2.01. The van der Waals surface area contributed by atoms with E-state index in [-0.39, 0.29) is 0 Å². The highest BCUT2D eigenvalue weighted by Gasteiger charge is 2.07. The summed E-state index contributed by atoms with van der Waals surface area (Å²) in [5, 5.41) is 4.92. The van der Waals surface area contributed by atoms with Gasteiger partial charge in [-0.25, -0.2) is 4.98 Å². The van der Waals surface area contributed by atoms with E-state index >= 15 is 0 Å². The Hall–Kier alpha value is -2.04. The number of rotatable bonds is 2. The van der Waals surface area contributed by atoms with E-state index in [4.69, 9.17) is 28.9 Å². The molecule has 1 aromatic heterocycles. The fourth-order valence-electron chi connectivity index (χ4n) is 1.87. The molecule has 3 rings (SSSR count). The maximum absolute atomic E-state index is 6.10. The molecule has 0 saturated carbocycles. The smallest absolute Gasteiger partial charge is 0.229 e. The number of aromatic nitrogens is 2. The highest BCUT2D eigenvalue weighted by atomic mass is 35.5. The van der Waals surface area contributed by atoms with Crippen molar-refractivity contribution in [3.8, 4) is 0 Å². The molecule has 0 unspecified atom stereocenters. The number of para-hydroxylation sites is 1. The Morgan fingerprint density at radius 1 is 1.00 bits per heavy atom. The molecule has 1 heterocycles. The third kappa shape index (κ3) is 2.48. The summed E-state index contributed by atoms with van der Waals surface area (Å²) in [5.74, 6) is 0.814. The first-order valence-electron chi connectivity index (χ1n) is 5.88. The summed E-state index contributed by atoms with van der Waals surface area (Å²) >= 11 is 12.0. The van der Waals surface area contributed by atoms with Gasteiger partial charge in [0.25, 0.3) is 0 Å². The topological polar surface area (TPSA) is 63.8 Å². The Labute approximate surface area is 125 Å². The summed E-state index contributed by atoms with van der Waals surface area (Å²) < 4.78 is 0. The van der Waals surface area contributed by atoms with Crippen LogP contribution in [0.1, 0.15) is 0 Å². The largest absolute Gasteiger partial charge is 0.383 e. The van der Waals surface area contributed by atoms with Crippen LogP contribution in [0.15, 0.2) is 42.5 Å². The number of nitrogens with zero attached hydrogens (tertiary/aromatic N) is 2. The van der Waals surface area contributed by atoms with Crippen LogP contribution in [0.3, 0.4) is 0 Å². The number of hydrogen-bond acceptors (Lipinski definition) is 4. The second-order valence-electron chi connectivity index (χ2n) is 4.20. The zero-order valence-corrected chi connectivity index (χ0v) is 11.8. The Balaban J connectivity index is 2.02. The summed E-state index contributed by atoms with van der Waals surface area (Å²) in [4.78, 5) is 8.63. The van der Waals surface area contributed by atoms with E-state index in [1.165, 1.54) is 0 Å². The molecule has 6 heteroatoms. The SMILES string of the molecule is Nc1nc(Nc2ccc(Cl)cc2Cl)nc2ccccc12. The highest BCUT2D eigenvalue weighted by molar-refractivity contribution is 6.36. The number of benzene rings is 2. The standard InChI is InChI=1S/C14H10Cl2N4/c15-8-5-6-12(10(16)7-8)19-14-18-11-4-2-1-3-9(11)13(17)20-14/h1-7H,(H3,17,18,19,20). The van der Waals surface area contributed by atoms with Gasteiger partial charge in [-0.3, -0.25) is 0 Å². The molecule has 100 valence electrons. The van der Waals surface area contributed by atoms with Crippen molar-refractivity contribution < 1.29 is 0 Å². The summed E-state index contributed by atoms with van der Waals surface area (Å²) in [6.45, 7) is 0. The van der Waals surface area contributed by atoms with Gasteiger partial charge in [0.1, 0.15) is 5.82 Å². The fraction of sp³-hybridized carbons (Fsp3) is 0. The van der Waals surface area contributed by atoms with Crippen molar-refractivity contribution in [1.29, 1.82) is 0 Å². The summed E-state index contributed by atoms with van der Waals surface area (Å²) in [6, 6.07) is 12.7. The maximum Gasteiger partial charge on any atom is 0.229 e. The minimum Gasteiger partial charge on any atom is -0.383 e. The lowest BCUT2D eigenvalue weighted by Gasteiger charge is -2.09. The molecule has 0 bridgehead atoms. The molecule has 0 radical (unpaired) electrons. The first kappa shape index (κ1) is 13.0. The molecule has 2 aromatic carbocycles. The number of anilines is 3. The molecule has 0 atom stereocenters. The molecular formula is C14H10Cl2N4. The highest BCUT2D eigenvalue weighted by Crippen LogP contribution is 2.28. The van der Waals surface area contributed by atoms with Gasteiger partial charge in [-0.1, -0.05) is 35.3 Å². The van der Waals surface area contributed by atoms with Gasteiger partial charge in [0.2, 0.25) is 5.95 Å². The van der Waals surface area contributed by atoms with E-state index < -0.39 is 0 Å². The van der Waals surface area contributed by atoms with Gasteiger partial charge >= 0.3 is 0 Å². The number of halogens is 2. The Bertz CT molecular complexity index is 789. The number of hydrogen-bond donors (Lipinski definition) is 2. The predicted octanol–water partition coefficient (Wildman–Crippen LogP) is 4.26. The Morgan fingerprint density at radius 2 is 1.80 bits per heavy atom. The van der Waals surface area contributed by atoms with Crippen molar-refractivity contribution in [2.24, 2.45) is 0 Å². The fourth-order valence-corrected chi connectivity index (χ4v) is 2.32. The van der Waals surface area contributed by atoms with Crippen LogP contribution in [0, 0.1) is 0 Å². The van der Waals surface area contributed by atoms with E-state index in [9.17, 15) is 0 Å². The lowest BCUT2D eigenvalue weighted by molar-refractivity contribution is 1.22. The first-order chi connectivity index (χ1) is 9.63. The normalized spacial score (nSPS) is 10.7. The summed E-state index contributed by atoms with van der Waals surface area (Å²) in [6.07, 6.45) is 0. The van der Waals surface area contributed by atoms with Gasteiger partial charge < -0.3 is 11.1 Å². The molecule has 4 nitrogen and oxygen atoms in total. The molecule has 3 N–H and O–H groups in total. The molecule has 0 spiro atoms. The van der Waals surface area contributed by atoms with Crippen molar-refractivity contribution in [2.75, 3.05) is 11.1 Å². The minimum atomic E-state index is 0.394. The zero-order valence-electron chi connectivity index (χ0n) is 10.3. The third-order valence-electron chi connectivity index (χ3n) is 2.81. The molecule has 0 fully saturated rings. The zero-order chi connectivity index (χ0) is 14.1. The van der Waals surface area contributed by atoms with Gasteiger partial charge in [0, 0.05) is 10.4 Å². The molecule has 0 saturated heterocycles. The van der Waals surface area contributed by atoms with E-state index in [2.05, 4.69) is 15.3 Å². The summed E-state index contributed by atoms with van der Waals surface area (Å²) in [7, 11) is 0. The molecule has 0 aliphatic heterocycles. The molecule has 3 aromatic rings. The third-order valence-corrected chi connectivity index (χ3v) is 3.36. The average molecular weight is 305 g/mol. The van der Waals surface area contributed by atoms with Crippen molar-refractivity contribution >= 4 is 51.6 Å². The molecular weight excluding hydrogens is 295 g/mol. The number of nitrogens with one attached hydrogen (secondary N) is 1. The van der Waals surface area contributed by atoms with Gasteiger partial charge in [-0.15, -0.1) is 0 Å². The van der Waals surface area contributed by atoms with Crippen LogP contribution in [0.4, 0.5) is 17.5 Å². The quantitative estimate of drug-likeness (QED) is 0.742. The van der Waals surface area contributed by atoms with Gasteiger partial charge in [-0.2, -0.15) is 4.98 Å². The lowest BCUT2D eigenvalue weighted by atomic mass is 10.2. The second-order valence-corrected chi connectivity index (χ2v) is 5.04. The first-order valence-corrected chi connectivity index (χ1v) is 6.63. The molecule has 0 aliphatic rings. The van der Waals surface area contributed by atoms with E-state index in [1.54, 1.807) is 18.2 Å². The van der Waals surface area contributed by atoms with Crippen LogP contribution in [0.5, 0.6) is 0 Å². The maximum atomic E-state index is 6.10. The van der Waals surface area contributed by atoms with Crippen molar-refractivity contribution in [3.63, 3.8) is 0 Å². The Morgan fingerprint density at radius 3 is 2.60 bits per heavy atom. The number of nitrogens with two attached hydrogens (primary N) is 1. The van der Waals surface area contributed by atoms with Crippen LogP contribution in [-0.2, 0) is 0 Å². The second kappa shape index (κ2) is 5.15. The minimum absolute atomic E-state index is 0.394. The van der Waals surface area contributed by atoms with E-state index in [0.717, 1.165) is 10.9 Å². The van der Waals surface area contributed by atoms with Crippen molar-refractivity contribution in [3.05, 3.63) is 52.5 Å². The number of fused-ring (bicyclic) bond motifs is 1. The van der Waals surface area contributed by atoms with Crippen molar-refractivity contribution in [1.82, 2.24) is 9.97 Å². The van der Waals surface area contributed by atoms with Crippen LogP contribution in [-0.4, -0.2) is 9.97 Å². The molecule has 20 heavy (non-hydrogen) atoms. The monoisotopic (exact) mass is 304 g/mol. The molecule has 0 aliphatic carbocycles. The number of nitrogen functional groups attached to an aromatic ring is 1. The van der Waals surface area contributed by atoms with Gasteiger partial charge in [-0.05, 0) is 30.3 Å². The average Bonchev–Trinajstić information content (AvgIpc) is 2.42. The van der Waals surface area contributed by atoms with Crippen LogP contribution in [0.2, 0.25) is 10.0 Å². The van der Waals surface area contributed by atoms with Crippen LogP contribution in [0.25, 0.3) is 10.9 Å². The van der Waals surface area contributed by atoms with Crippen LogP contribution >= 0.6 is 23.2 Å². The van der Waals surface area contributed by atoms with E-state index in [0.29, 0.717) is 27.5 Å². The van der Waals surface area contributed by atoms with E-state index in [1.807, 2.05) is 24.3 Å². The summed E-state index contributed by atoms with van der Waals surface area (Å²) in [5.41, 5.74) is 7.37.